The van der Waals surface area contributed by atoms with Crippen LogP contribution in [-0.4, -0.2) is 12.5 Å². The zero-order chi connectivity index (χ0) is 21.3. The van der Waals surface area contributed by atoms with Crippen LogP contribution in [0.25, 0.3) is 0 Å². The highest BCUT2D eigenvalue weighted by Gasteiger charge is 2.02. The maximum Gasteiger partial charge on any atom is 0.326 e. The molecule has 0 unspecified atom stereocenters. The van der Waals surface area contributed by atoms with Crippen LogP contribution in [-0.2, 0) is 9.63 Å². The topological polar surface area (TPSA) is 62.4 Å². The van der Waals surface area contributed by atoms with Gasteiger partial charge in [-0.25, -0.2) is 5.43 Å². The summed E-state index contributed by atoms with van der Waals surface area (Å²) in [6, 6.07) is 0. The fourth-order valence-corrected chi connectivity index (χ4v) is 3.51. The van der Waals surface area contributed by atoms with E-state index in [1.165, 1.54) is 103 Å². The normalized spacial score (nSPS) is 11.1. The molecule has 5 nitrogen and oxygen atoms in total. The van der Waals surface area contributed by atoms with Crippen molar-refractivity contribution in [1.29, 1.82) is 0 Å². The van der Waals surface area contributed by atoms with Gasteiger partial charge in [-0.3, -0.25) is 4.79 Å². The summed E-state index contributed by atoms with van der Waals surface area (Å²) in [5.41, 5.74) is 8.26. The van der Waals surface area contributed by atoms with Crippen LogP contribution in [0, 0.1) is 0 Å². The number of hydrogen-bond acceptors (Lipinski definition) is 5. The molecule has 0 heterocycles. The van der Waals surface area contributed by atoms with Gasteiger partial charge in [0.15, 0.2) is 0 Å². The monoisotopic (exact) mass is 413 g/mol. The Morgan fingerprint density at radius 2 is 1.00 bits per heavy atom. The average molecular weight is 414 g/mol. The molecular weight excluding hydrogens is 362 g/mol. The second-order valence-electron chi connectivity index (χ2n) is 8.39. The second kappa shape index (κ2) is 25.4. The molecule has 0 amide bonds. The third-order valence-corrected chi connectivity index (χ3v) is 5.44. The molecule has 0 fully saturated rings. The third-order valence-electron chi connectivity index (χ3n) is 5.44. The first-order chi connectivity index (χ1) is 14.3. The summed E-state index contributed by atoms with van der Waals surface area (Å²) < 4.78 is 0. The summed E-state index contributed by atoms with van der Waals surface area (Å²) in [6.07, 6.45) is 25.1. The SMILES string of the molecule is CCCCCCCCCCCCNNNOC(=O)CCCCCCCCCCC. The maximum atomic E-state index is 11.6. The second-order valence-corrected chi connectivity index (χ2v) is 8.39. The van der Waals surface area contributed by atoms with Crippen LogP contribution in [0.15, 0.2) is 0 Å². The molecule has 29 heavy (non-hydrogen) atoms. The van der Waals surface area contributed by atoms with Gasteiger partial charge in [-0.05, 0) is 12.8 Å². The number of carbonyl (C=O) groups excluding carboxylic acids is 1. The Bertz CT molecular complexity index is 327. The van der Waals surface area contributed by atoms with Gasteiger partial charge in [-0.15, -0.1) is 0 Å². The minimum atomic E-state index is -0.193. The molecule has 0 aliphatic carbocycles. The van der Waals surface area contributed by atoms with E-state index >= 15 is 0 Å². The van der Waals surface area contributed by atoms with E-state index in [0.29, 0.717) is 6.42 Å². The minimum Gasteiger partial charge on any atom is -0.355 e. The van der Waals surface area contributed by atoms with E-state index in [0.717, 1.165) is 25.8 Å². The molecule has 0 aromatic carbocycles. The van der Waals surface area contributed by atoms with Crippen LogP contribution in [0.1, 0.15) is 142 Å². The Morgan fingerprint density at radius 3 is 1.48 bits per heavy atom. The molecule has 0 rings (SSSR count). The van der Waals surface area contributed by atoms with Gasteiger partial charge in [-0.1, -0.05) is 129 Å². The number of unbranched alkanes of at least 4 members (excludes halogenated alkanes) is 17. The van der Waals surface area contributed by atoms with Crippen molar-refractivity contribution in [1.82, 2.24) is 16.5 Å². The molecule has 3 N–H and O–H groups in total. The molecule has 174 valence electrons. The molecule has 0 aromatic heterocycles. The molecule has 0 atom stereocenters. The first kappa shape index (κ1) is 28.4. The van der Waals surface area contributed by atoms with Crippen LogP contribution >= 0.6 is 0 Å². The van der Waals surface area contributed by atoms with Gasteiger partial charge in [0, 0.05) is 13.0 Å². The Labute approximate surface area is 181 Å². The highest BCUT2D eigenvalue weighted by Crippen LogP contribution is 2.11. The van der Waals surface area contributed by atoms with Gasteiger partial charge in [0.1, 0.15) is 0 Å². The quantitative estimate of drug-likeness (QED) is 0.119. The van der Waals surface area contributed by atoms with Gasteiger partial charge < -0.3 is 4.84 Å². The number of carbonyl (C=O) groups is 1. The predicted octanol–water partition coefficient (Wildman–Crippen LogP) is 6.89. The number of nitrogens with one attached hydrogen (secondary N) is 3. The van der Waals surface area contributed by atoms with Crippen molar-refractivity contribution in [2.45, 2.75) is 142 Å². The van der Waals surface area contributed by atoms with Crippen LogP contribution in [0.5, 0.6) is 0 Å². The maximum absolute atomic E-state index is 11.6. The van der Waals surface area contributed by atoms with Crippen molar-refractivity contribution in [3.05, 3.63) is 0 Å². The van der Waals surface area contributed by atoms with Gasteiger partial charge in [0.2, 0.25) is 0 Å². The number of rotatable bonds is 24. The Morgan fingerprint density at radius 1 is 0.586 bits per heavy atom. The highest BCUT2D eigenvalue weighted by molar-refractivity contribution is 5.68. The van der Waals surface area contributed by atoms with E-state index in [9.17, 15) is 4.79 Å². The van der Waals surface area contributed by atoms with E-state index in [1.807, 2.05) is 0 Å². The van der Waals surface area contributed by atoms with Crippen molar-refractivity contribution in [3.8, 4) is 0 Å². The highest BCUT2D eigenvalue weighted by atomic mass is 16.7. The van der Waals surface area contributed by atoms with E-state index in [4.69, 9.17) is 4.84 Å². The van der Waals surface area contributed by atoms with Crippen LogP contribution in [0.3, 0.4) is 0 Å². The smallest absolute Gasteiger partial charge is 0.326 e. The van der Waals surface area contributed by atoms with Gasteiger partial charge >= 0.3 is 5.97 Å². The van der Waals surface area contributed by atoms with E-state index < -0.39 is 0 Å². The first-order valence-electron chi connectivity index (χ1n) is 12.7. The Hall–Kier alpha value is -0.650. The zero-order valence-electron chi connectivity index (χ0n) is 19.7. The molecule has 0 bridgehead atoms. The minimum absolute atomic E-state index is 0.193. The lowest BCUT2D eigenvalue weighted by atomic mass is 10.1. The van der Waals surface area contributed by atoms with Crippen LogP contribution < -0.4 is 16.5 Å². The van der Waals surface area contributed by atoms with Crippen molar-refractivity contribution in [2.75, 3.05) is 6.54 Å². The Balaban J connectivity index is 3.13. The van der Waals surface area contributed by atoms with E-state index in [2.05, 4.69) is 30.4 Å². The molecule has 0 saturated heterocycles. The molecule has 0 aromatic rings. The van der Waals surface area contributed by atoms with Gasteiger partial charge in [0.25, 0.3) is 0 Å². The van der Waals surface area contributed by atoms with Gasteiger partial charge in [-0.2, -0.15) is 5.53 Å². The lowest BCUT2D eigenvalue weighted by Gasteiger charge is -2.08. The molecule has 5 heteroatoms. The average Bonchev–Trinajstić information content (AvgIpc) is 2.72. The van der Waals surface area contributed by atoms with Crippen molar-refractivity contribution >= 4 is 5.97 Å². The third kappa shape index (κ3) is 25.3. The van der Waals surface area contributed by atoms with Crippen LogP contribution in [0.2, 0.25) is 0 Å². The van der Waals surface area contributed by atoms with Crippen molar-refractivity contribution in [2.24, 2.45) is 0 Å². The molecule has 0 saturated carbocycles. The molecular formula is C24H51N3O2. The summed E-state index contributed by atoms with van der Waals surface area (Å²) in [5, 5.41) is 0. The van der Waals surface area contributed by atoms with Crippen LogP contribution in [0.4, 0.5) is 0 Å². The predicted molar refractivity (Wildman–Crippen MR) is 124 cm³/mol. The summed E-state index contributed by atoms with van der Waals surface area (Å²) >= 11 is 0. The standard InChI is InChI=1S/C24H51N3O2/c1-3-5-7-9-11-13-15-17-19-21-23-25-26-27-29-24(28)22-20-18-16-14-12-10-8-6-4-2/h25-27H,3-23H2,1-2H3. The zero-order valence-corrected chi connectivity index (χ0v) is 19.7. The summed E-state index contributed by atoms with van der Waals surface area (Å²) in [7, 11) is 0. The summed E-state index contributed by atoms with van der Waals surface area (Å²) in [6.45, 7) is 5.39. The fourth-order valence-electron chi connectivity index (χ4n) is 3.51. The van der Waals surface area contributed by atoms with E-state index in [1.54, 1.807) is 0 Å². The summed E-state index contributed by atoms with van der Waals surface area (Å²) in [5.74, 6) is -0.193. The molecule has 0 aliphatic heterocycles. The van der Waals surface area contributed by atoms with Crippen molar-refractivity contribution < 1.29 is 9.63 Å². The fraction of sp³-hybridized carbons (Fsp3) is 0.958. The number of hydrogen-bond donors (Lipinski definition) is 3. The molecule has 0 radical (unpaired) electrons. The summed E-state index contributed by atoms with van der Waals surface area (Å²) in [4.78, 5) is 16.6. The lowest BCUT2D eigenvalue weighted by Crippen LogP contribution is -2.44. The number of hydrazine groups is 2. The van der Waals surface area contributed by atoms with E-state index in [-0.39, 0.29) is 5.97 Å². The van der Waals surface area contributed by atoms with Crippen molar-refractivity contribution in [3.63, 3.8) is 0 Å². The van der Waals surface area contributed by atoms with Gasteiger partial charge in [0.05, 0.1) is 0 Å². The molecule has 0 aliphatic rings. The first-order valence-corrected chi connectivity index (χ1v) is 12.7. The molecule has 0 spiro atoms. The lowest BCUT2D eigenvalue weighted by molar-refractivity contribution is -0.154. The Kier molecular flexibility index (Phi) is 24.8. The largest absolute Gasteiger partial charge is 0.355 e.